The van der Waals surface area contributed by atoms with E-state index in [4.69, 9.17) is 4.98 Å². The first-order chi connectivity index (χ1) is 19.3. The first-order valence-electron chi connectivity index (χ1n) is 14.0. The molecule has 0 radical (unpaired) electrons. The van der Waals surface area contributed by atoms with Crippen LogP contribution in [-0.2, 0) is 19.0 Å². The van der Waals surface area contributed by atoms with Gasteiger partial charge < -0.3 is 15.2 Å². The van der Waals surface area contributed by atoms with Gasteiger partial charge in [-0.1, -0.05) is 57.2 Å². The van der Waals surface area contributed by atoms with E-state index in [1.165, 1.54) is 15.7 Å². The average molecular weight is 552 g/mol. The number of aryl methyl sites for hydroxylation is 1. The number of hydrogen-bond donors (Lipinski definition) is 2. The molecular formula is C34H41N5O2. The van der Waals surface area contributed by atoms with Crippen molar-refractivity contribution in [1.29, 1.82) is 0 Å². The Morgan fingerprint density at radius 2 is 1.66 bits per heavy atom. The van der Waals surface area contributed by atoms with Gasteiger partial charge in [0, 0.05) is 48.3 Å². The summed E-state index contributed by atoms with van der Waals surface area (Å²) >= 11 is 0. The molecule has 0 aliphatic rings. The summed E-state index contributed by atoms with van der Waals surface area (Å²) in [6.45, 7) is 13.6. The Morgan fingerprint density at radius 3 is 2.27 bits per heavy atom. The van der Waals surface area contributed by atoms with Gasteiger partial charge in [-0.15, -0.1) is 0 Å². The molecule has 0 saturated heterocycles. The lowest BCUT2D eigenvalue weighted by Gasteiger charge is -2.21. The van der Waals surface area contributed by atoms with Crippen LogP contribution < -0.4 is 16.2 Å². The maximum Gasteiger partial charge on any atom is 0.293 e. The smallest absolute Gasteiger partial charge is 0.293 e. The van der Waals surface area contributed by atoms with Crippen LogP contribution in [0.1, 0.15) is 61.7 Å². The molecule has 0 atom stereocenters. The van der Waals surface area contributed by atoms with E-state index in [9.17, 15) is 9.59 Å². The van der Waals surface area contributed by atoms with E-state index in [2.05, 4.69) is 69.3 Å². The number of rotatable bonds is 8. The average Bonchev–Trinajstić information content (AvgIpc) is 2.92. The van der Waals surface area contributed by atoms with E-state index >= 15 is 0 Å². The van der Waals surface area contributed by atoms with Crippen molar-refractivity contribution in [3.05, 3.63) is 106 Å². The minimum Gasteiger partial charge on any atom is -0.336 e. The van der Waals surface area contributed by atoms with Gasteiger partial charge in [-0.3, -0.25) is 14.5 Å². The largest absolute Gasteiger partial charge is 0.336 e. The lowest BCUT2D eigenvalue weighted by molar-refractivity contribution is 0.102. The van der Waals surface area contributed by atoms with Gasteiger partial charge >= 0.3 is 0 Å². The number of nitrogens with one attached hydrogen (secondary N) is 2. The summed E-state index contributed by atoms with van der Waals surface area (Å²) in [5, 5.41) is 6.25. The second kappa shape index (κ2) is 12.1. The van der Waals surface area contributed by atoms with Crippen molar-refractivity contribution in [2.75, 3.05) is 17.7 Å². The summed E-state index contributed by atoms with van der Waals surface area (Å²) in [7, 11) is 3.81. The molecule has 2 N–H and O–H groups in total. The summed E-state index contributed by atoms with van der Waals surface area (Å²) in [6, 6.07) is 21.9. The van der Waals surface area contributed by atoms with Gasteiger partial charge in [-0.05, 0) is 80.3 Å². The fraction of sp³-hybridized carbons (Fsp3) is 0.324. The lowest BCUT2D eigenvalue weighted by Crippen LogP contribution is -2.25. The number of hydrogen-bond acceptors (Lipinski definition) is 5. The topological polar surface area (TPSA) is 79.3 Å². The van der Waals surface area contributed by atoms with E-state index in [1.807, 2.05) is 61.5 Å². The number of benzene rings is 3. The Labute approximate surface area is 243 Å². The van der Waals surface area contributed by atoms with Crippen LogP contribution >= 0.6 is 0 Å². The number of aromatic nitrogens is 2. The quantitative estimate of drug-likeness (QED) is 0.249. The molecule has 0 fully saturated rings. The summed E-state index contributed by atoms with van der Waals surface area (Å²) in [4.78, 5) is 33.0. The van der Waals surface area contributed by atoms with Gasteiger partial charge in [0.15, 0.2) is 5.82 Å². The minimum atomic E-state index is -0.224. The van der Waals surface area contributed by atoms with Crippen LogP contribution in [0.25, 0.3) is 11.3 Å². The predicted molar refractivity (Wildman–Crippen MR) is 169 cm³/mol. The first kappa shape index (κ1) is 29.7. The van der Waals surface area contributed by atoms with Crippen molar-refractivity contribution >= 4 is 23.1 Å². The van der Waals surface area contributed by atoms with Crippen molar-refractivity contribution in [1.82, 2.24) is 14.5 Å². The van der Waals surface area contributed by atoms with Crippen LogP contribution in [0.2, 0.25) is 0 Å². The number of nitrogens with zero attached hydrogens (tertiary/aromatic N) is 3. The normalized spacial score (nSPS) is 11.7. The number of amides is 1. The van der Waals surface area contributed by atoms with Crippen LogP contribution in [0, 0.1) is 6.92 Å². The molecule has 0 spiro atoms. The zero-order chi connectivity index (χ0) is 29.9. The van der Waals surface area contributed by atoms with Crippen LogP contribution in [0.5, 0.6) is 0 Å². The Kier molecular flexibility index (Phi) is 8.78. The van der Waals surface area contributed by atoms with E-state index in [0.717, 1.165) is 23.4 Å². The van der Waals surface area contributed by atoms with E-state index in [0.29, 0.717) is 23.0 Å². The number of carbonyl (C=O) groups is 1. The third-order valence-corrected chi connectivity index (χ3v) is 7.47. The molecule has 4 rings (SSSR count). The fourth-order valence-corrected chi connectivity index (χ4v) is 4.48. The van der Waals surface area contributed by atoms with Gasteiger partial charge in [0.25, 0.3) is 11.5 Å². The molecule has 41 heavy (non-hydrogen) atoms. The maximum absolute atomic E-state index is 13.1. The van der Waals surface area contributed by atoms with Gasteiger partial charge in [0.2, 0.25) is 0 Å². The molecule has 1 heterocycles. The summed E-state index contributed by atoms with van der Waals surface area (Å²) < 4.78 is 1.53. The van der Waals surface area contributed by atoms with Crippen molar-refractivity contribution in [2.45, 2.75) is 59.5 Å². The molecule has 1 amide bonds. The van der Waals surface area contributed by atoms with E-state index < -0.39 is 0 Å². The highest BCUT2D eigenvalue weighted by atomic mass is 16.1. The second-order valence-electron chi connectivity index (χ2n) is 12.0. The molecule has 4 aromatic rings. The molecule has 1 aromatic heterocycles. The predicted octanol–water partition coefficient (Wildman–Crippen LogP) is 6.89. The Hall–Kier alpha value is -4.23. The van der Waals surface area contributed by atoms with Crippen molar-refractivity contribution in [2.24, 2.45) is 7.05 Å². The number of carbonyl (C=O) groups excluding carboxylic acids is 1. The van der Waals surface area contributed by atoms with Crippen LogP contribution in [0.4, 0.5) is 17.2 Å². The van der Waals surface area contributed by atoms with Crippen molar-refractivity contribution < 1.29 is 4.79 Å². The molecule has 0 aliphatic heterocycles. The summed E-state index contributed by atoms with van der Waals surface area (Å²) in [6.07, 6.45) is 1.72. The third-order valence-electron chi connectivity index (χ3n) is 7.47. The zero-order valence-corrected chi connectivity index (χ0v) is 25.4. The first-order valence-corrected chi connectivity index (χ1v) is 14.0. The molecule has 0 unspecified atom stereocenters. The lowest BCUT2D eigenvalue weighted by atomic mass is 9.86. The minimum absolute atomic E-state index is 0.0182. The van der Waals surface area contributed by atoms with Crippen LogP contribution in [0.15, 0.2) is 77.7 Å². The van der Waals surface area contributed by atoms with E-state index in [-0.39, 0.29) is 22.7 Å². The molecule has 3 aromatic carbocycles. The molecule has 214 valence electrons. The van der Waals surface area contributed by atoms with Crippen molar-refractivity contribution in [3.63, 3.8) is 0 Å². The van der Waals surface area contributed by atoms with Gasteiger partial charge in [0.1, 0.15) is 0 Å². The molecule has 0 aliphatic carbocycles. The Balaban J connectivity index is 1.57. The highest BCUT2D eigenvalue weighted by Crippen LogP contribution is 2.29. The summed E-state index contributed by atoms with van der Waals surface area (Å²) in [5.74, 6) is 0.0642. The number of anilines is 3. The highest BCUT2D eigenvalue weighted by molar-refractivity contribution is 6.05. The van der Waals surface area contributed by atoms with Gasteiger partial charge in [-0.2, -0.15) is 0 Å². The third kappa shape index (κ3) is 7.11. The van der Waals surface area contributed by atoms with Crippen LogP contribution in [0.3, 0.4) is 0 Å². The SMILES string of the molecule is Cc1c(NC(=O)c2ccc(C(C)(C)C)cc2)cccc1-c1cn(C)c(=O)c(Nc2ccc(CN(C)C(C)C)cc2)n1. The molecule has 7 heteroatoms. The zero-order valence-electron chi connectivity index (χ0n) is 25.4. The molecule has 7 nitrogen and oxygen atoms in total. The van der Waals surface area contributed by atoms with Crippen LogP contribution in [-0.4, -0.2) is 33.4 Å². The molecular weight excluding hydrogens is 510 g/mol. The standard InChI is InChI=1S/C34H41N5O2/c1-22(2)38(7)20-24-12-18-27(19-13-24)35-31-33(41)39(8)21-30(36-31)28-10-9-11-29(23(28)3)37-32(40)25-14-16-26(17-15-25)34(4,5)6/h9-19,21-22H,20H2,1-8H3,(H,35,36)(H,37,40). The fourth-order valence-electron chi connectivity index (χ4n) is 4.48. The second-order valence-corrected chi connectivity index (χ2v) is 12.0. The molecule has 0 bridgehead atoms. The maximum atomic E-state index is 13.1. The monoisotopic (exact) mass is 551 g/mol. The Morgan fingerprint density at radius 1 is 1.00 bits per heavy atom. The van der Waals surface area contributed by atoms with Gasteiger partial charge in [0.05, 0.1) is 5.69 Å². The Bertz CT molecular complexity index is 1580. The summed E-state index contributed by atoms with van der Waals surface area (Å²) in [5.41, 5.74) is 6.57. The molecule has 0 saturated carbocycles. The van der Waals surface area contributed by atoms with Crippen molar-refractivity contribution in [3.8, 4) is 11.3 Å². The van der Waals surface area contributed by atoms with E-state index in [1.54, 1.807) is 13.2 Å². The highest BCUT2D eigenvalue weighted by Gasteiger charge is 2.17. The van der Waals surface area contributed by atoms with Gasteiger partial charge in [-0.25, -0.2) is 4.98 Å².